The van der Waals surface area contributed by atoms with E-state index in [1.54, 1.807) is 11.7 Å². The average molecular weight is 304 g/mol. The van der Waals surface area contributed by atoms with E-state index in [-0.39, 0.29) is 5.02 Å². The van der Waals surface area contributed by atoms with Crippen molar-refractivity contribution in [3.63, 3.8) is 0 Å². The van der Waals surface area contributed by atoms with E-state index in [1.807, 2.05) is 13.0 Å². The molecule has 0 amide bonds. The molecule has 0 aliphatic heterocycles. The fourth-order valence-electron chi connectivity index (χ4n) is 1.88. The summed E-state index contributed by atoms with van der Waals surface area (Å²) in [5.74, 6) is 0. The predicted molar refractivity (Wildman–Crippen MR) is 71.7 cm³/mol. The number of hydrogen-bond donors (Lipinski definition) is 1. The molecule has 0 fully saturated rings. The van der Waals surface area contributed by atoms with Crippen LogP contribution in [-0.2, 0) is 19.8 Å². The largest absolute Gasteiger partial charge is 0.416 e. The molecule has 1 aromatic heterocycles. The Bertz CT molecular complexity index is 620. The summed E-state index contributed by atoms with van der Waals surface area (Å²) < 4.78 is 39.7. The Morgan fingerprint density at radius 3 is 2.50 bits per heavy atom. The minimum atomic E-state index is -4.41. The first-order valence-corrected chi connectivity index (χ1v) is 6.24. The third-order valence-electron chi connectivity index (χ3n) is 2.80. The van der Waals surface area contributed by atoms with Crippen LogP contribution in [0, 0.1) is 6.92 Å². The van der Waals surface area contributed by atoms with Crippen LogP contribution in [0.4, 0.5) is 18.9 Å². The zero-order chi connectivity index (χ0) is 14.9. The Labute approximate surface area is 119 Å². The standard InChI is InChI=1S/C13H13ClF3N3/c1-8-3-12(20(2)19-8)7-18-11-5-9(13(15,16)17)4-10(14)6-11/h3-6,18H,7H2,1-2H3. The summed E-state index contributed by atoms with van der Waals surface area (Å²) in [6.07, 6.45) is -4.41. The fourth-order valence-corrected chi connectivity index (χ4v) is 2.11. The SMILES string of the molecule is Cc1cc(CNc2cc(Cl)cc(C(F)(F)F)c2)n(C)n1. The Kier molecular flexibility index (Phi) is 3.94. The normalized spacial score (nSPS) is 11.7. The van der Waals surface area contributed by atoms with Crippen molar-refractivity contribution in [2.24, 2.45) is 7.05 Å². The molecule has 1 aromatic carbocycles. The van der Waals surface area contributed by atoms with Gasteiger partial charge in [0, 0.05) is 17.8 Å². The van der Waals surface area contributed by atoms with Gasteiger partial charge < -0.3 is 5.32 Å². The highest BCUT2D eigenvalue weighted by Gasteiger charge is 2.31. The van der Waals surface area contributed by atoms with E-state index in [0.717, 1.165) is 23.5 Å². The molecule has 1 heterocycles. The van der Waals surface area contributed by atoms with Gasteiger partial charge >= 0.3 is 6.18 Å². The maximum atomic E-state index is 12.7. The van der Waals surface area contributed by atoms with Gasteiger partial charge in [-0.2, -0.15) is 18.3 Å². The van der Waals surface area contributed by atoms with Crippen LogP contribution in [-0.4, -0.2) is 9.78 Å². The van der Waals surface area contributed by atoms with E-state index in [9.17, 15) is 13.2 Å². The first kappa shape index (κ1) is 14.7. The third kappa shape index (κ3) is 3.45. The van der Waals surface area contributed by atoms with Crippen LogP contribution in [0.3, 0.4) is 0 Å². The number of rotatable bonds is 3. The van der Waals surface area contributed by atoms with E-state index in [1.165, 1.54) is 6.07 Å². The van der Waals surface area contributed by atoms with Crippen LogP contribution in [0.5, 0.6) is 0 Å². The summed E-state index contributed by atoms with van der Waals surface area (Å²) in [7, 11) is 1.78. The van der Waals surface area contributed by atoms with Gasteiger partial charge in [-0.25, -0.2) is 0 Å². The maximum Gasteiger partial charge on any atom is 0.416 e. The lowest BCUT2D eigenvalue weighted by Gasteiger charge is -2.11. The van der Waals surface area contributed by atoms with Gasteiger partial charge in [-0.15, -0.1) is 0 Å². The lowest BCUT2D eigenvalue weighted by Crippen LogP contribution is -2.08. The van der Waals surface area contributed by atoms with Crippen LogP contribution < -0.4 is 5.32 Å². The maximum absolute atomic E-state index is 12.7. The Hall–Kier alpha value is -1.69. The van der Waals surface area contributed by atoms with Crippen molar-refractivity contribution < 1.29 is 13.2 Å². The second-order valence-electron chi connectivity index (χ2n) is 4.48. The molecule has 0 bridgehead atoms. The topological polar surface area (TPSA) is 29.9 Å². The van der Waals surface area contributed by atoms with Gasteiger partial charge in [0.25, 0.3) is 0 Å². The number of benzene rings is 1. The van der Waals surface area contributed by atoms with Crippen molar-refractivity contribution in [1.29, 1.82) is 0 Å². The van der Waals surface area contributed by atoms with Crippen molar-refractivity contribution in [2.75, 3.05) is 5.32 Å². The van der Waals surface area contributed by atoms with Crippen molar-refractivity contribution in [2.45, 2.75) is 19.6 Å². The van der Waals surface area contributed by atoms with Gasteiger partial charge in [-0.05, 0) is 31.2 Å². The number of nitrogens with one attached hydrogen (secondary N) is 1. The van der Waals surface area contributed by atoms with Gasteiger partial charge in [-0.3, -0.25) is 4.68 Å². The lowest BCUT2D eigenvalue weighted by atomic mass is 10.2. The molecule has 0 saturated heterocycles. The highest BCUT2D eigenvalue weighted by molar-refractivity contribution is 6.30. The molecule has 7 heteroatoms. The van der Waals surface area contributed by atoms with Crippen molar-refractivity contribution in [3.05, 3.63) is 46.2 Å². The van der Waals surface area contributed by atoms with Gasteiger partial charge in [0.2, 0.25) is 0 Å². The van der Waals surface area contributed by atoms with Gasteiger partial charge in [0.15, 0.2) is 0 Å². The predicted octanol–water partition coefficient (Wildman–Crippen LogP) is 4.01. The summed E-state index contributed by atoms with van der Waals surface area (Å²) in [6.45, 7) is 2.22. The number of aryl methyl sites for hydroxylation is 2. The zero-order valence-electron chi connectivity index (χ0n) is 10.9. The highest BCUT2D eigenvalue weighted by Crippen LogP contribution is 2.33. The molecule has 0 saturated carbocycles. The molecule has 2 rings (SSSR count). The van der Waals surface area contributed by atoms with Gasteiger partial charge in [0.05, 0.1) is 23.5 Å². The second kappa shape index (κ2) is 5.36. The molecule has 0 aliphatic carbocycles. The average Bonchev–Trinajstić information content (AvgIpc) is 2.63. The minimum Gasteiger partial charge on any atom is -0.379 e. The summed E-state index contributed by atoms with van der Waals surface area (Å²) in [5.41, 5.74) is 1.28. The molecular formula is C13H13ClF3N3. The second-order valence-corrected chi connectivity index (χ2v) is 4.92. The van der Waals surface area contributed by atoms with Crippen LogP contribution in [0.1, 0.15) is 17.0 Å². The molecule has 108 valence electrons. The number of alkyl halides is 3. The number of anilines is 1. The molecular weight excluding hydrogens is 291 g/mol. The molecule has 3 nitrogen and oxygen atoms in total. The Balaban J connectivity index is 2.18. The molecule has 20 heavy (non-hydrogen) atoms. The van der Waals surface area contributed by atoms with Crippen LogP contribution in [0.25, 0.3) is 0 Å². The zero-order valence-corrected chi connectivity index (χ0v) is 11.7. The van der Waals surface area contributed by atoms with Crippen molar-refractivity contribution in [1.82, 2.24) is 9.78 Å². The van der Waals surface area contributed by atoms with E-state index in [0.29, 0.717) is 12.2 Å². The van der Waals surface area contributed by atoms with Crippen LogP contribution >= 0.6 is 11.6 Å². The highest BCUT2D eigenvalue weighted by atomic mass is 35.5. The molecule has 0 spiro atoms. The lowest BCUT2D eigenvalue weighted by molar-refractivity contribution is -0.137. The molecule has 0 unspecified atom stereocenters. The Morgan fingerprint density at radius 1 is 1.25 bits per heavy atom. The van der Waals surface area contributed by atoms with Crippen LogP contribution in [0.2, 0.25) is 5.02 Å². The smallest absolute Gasteiger partial charge is 0.379 e. The summed E-state index contributed by atoms with van der Waals surface area (Å²) in [6, 6.07) is 5.26. The van der Waals surface area contributed by atoms with Gasteiger partial charge in [-0.1, -0.05) is 11.6 Å². The van der Waals surface area contributed by atoms with E-state index < -0.39 is 11.7 Å². The third-order valence-corrected chi connectivity index (χ3v) is 3.02. The summed E-state index contributed by atoms with van der Waals surface area (Å²) in [4.78, 5) is 0. The van der Waals surface area contributed by atoms with E-state index in [2.05, 4.69) is 10.4 Å². The number of aromatic nitrogens is 2. The molecule has 0 atom stereocenters. The molecule has 0 aliphatic rings. The Morgan fingerprint density at radius 2 is 1.95 bits per heavy atom. The monoisotopic (exact) mass is 303 g/mol. The van der Waals surface area contributed by atoms with E-state index >= 15 is 0 Å². The molecule has 0 radical (unpaired) electrons. The molecule has 1 N–H and O–H groups in total. The van der Waals surface area contributed by atoms with Crippen molar-refractivity contribution in [3.8, 4) is 0 Å². The summed E-state index contributed by atoms with van der Waals surface area (Å²) >= 11 is 5.72. The van der Waals surface area contributed by atoms with Crippen molar-refractivity contribution >= 4 is 17.3 Å². The number of hydrogen-bond acceptors (Lipinski definition) is 2. The fraction of sp³-hybridized carbons (Fsp3) is 0.308. The number of halogens is 4. The first-order valence-electron chi connectivity index (χ1n) is 5.87. The quantitative estimate of drug-likeness (QED) is 0.928. The number of nitrogens with zero attached hydrogens (tertiary/aromatic N) is 2. The van der Waals surface area contributed by atoms with E-state index in [4.69, 9.17) is 11.6 Å². The minimum absolute atomic E-state index is 0.0449. The van der Waals surface area contributed by atoms with Crippen LogP contribution in [0.15, 0.2) is 24.3 Å². The summed E-state index contributed by atoms with van der Waals surface area (Å²) in [5, 5.41) is 7.14. The first-order chi connectivity index (χ1) is 9.25. The molecule has 2 aromatic rings. The van der Waals surface area contributed by atoms with Gasteiger partial charge in [0.1, 0.15) is 0 Å².